The molecule has 0 saturated carbocycles. The Hall–Kier alpha value is -2.34. The largest absolute Gasteiger partial charge is 0.466 e. The first-order valence-electron chi connectivity index (χ1n) is 7.71. The maximum Gasteiger partial charge on any atom is 0.336 e. The first-order chi connectivity index (χ1) is 11.8. The molecule has 0 saturated heterocycles. The van der Waals surface area contributed by atoms with Crippen LogP contribution >= 0.6 is 11.6 Å². The predicted octanol–water partition coefficient (Wildman–Crippen LogP) is 3.45. The van der Waals surface area contributed by atoms with Gasteiger partial charge in [-0.05, 0) is 26.8 Å². The Morgan fingerprint density at radius 2 is 1.80 bits per heavy atom. The summed E-state index contributed by atoms with van der Waals surface area (Å²) in [4.78, 5) is 24.8. The molecule has 0 spiro atoms. The standard InChI is InChI=1S/C18H19ClFNO4/c1-5-25-18(23)14-10(3)21-9(2)13(17(22)24-4)15(14)11-7-6-8-12(19)16(11)20/h6-8,15,21H,5H2,1-4H3. The Kier molecular flexibility index (Phi) is 5.85. The van der Waals surface area contributed by atoms with Crippen LogP contribution in [0.1, 0.15) is 32.3 Å². The van der Waals surface area contributed by atoms with Crippen LogP contribution in [-0.4, -0.2) is 25.7 Å². The highest BCUT2D eigenvalue weighted by molar-refractivity contribution is 6.30. The molecule has 1 aliphatic heterocycles. The van der Waals surface area contributed by atoms with Gasteiger partial charge in [0.15, 0.2) is 0 Å². The Balaban J connectivity index is 2.74. The minimum Gasteiger partial charge on any atom is -0.466 e. The van der Waals surface area contributed by atoms with E-state index < -0.39 is 23.7 Å². The van der Waals surface area contributed by atoms with E-state index in [1.165, 1.54) is 19.2 Å². The third kappa shape index (κ3) is 3.54. The number of esters is 2. The molecule has 1 aliphatic rings. The van der Waals surface area contributed by atoms with Gasteiger partial charge < -0.3 is 14.8 Å². The van der Waals surface area contributed by atoms with Crippen molar-refractivity contribution in [1.29, 1.82) is 0 Å². The van der Waals surface area contributed by atoms with E-state index in [4.69, 9.17) is 21.1 Å². The smallest absolute Gasteiger partial charge is 0.336 e. The Morgan fingerprint density at radius 1 is 1.20 bits per heavy atom. The van der Waals surface area contributed by atoms with Gasteiger partial charge in [-0.1, -0.05) is 23.7 Å². The molecule has 1 unspecified atom stereocenters. The van der Waals surface area contributed by atoms with Crippen LogP contribution in [0, 0.1) is 5.82 Å². The maximum absolute atomic E-state index is 14.7. The van der Waals surface area contributed by atoms with Gasteiger partial charge >= 0.3 is 11.9 Å². The monoisotopic (exact) mass is 367 g/mol. The van der Waals surface area contributed by atoms with Crippen molar-refractivity contribution in [2.75, 3.05) is 13.7 Å². The molecule has 0 aromatic heterocycles. The molecule has 0 amide bonds. The summed E-state index contributed by atoms with van der Waals surface area (Å²) in [6.07, 6.45) is 0. The lowest BCUT2D eigenvalue weighted by Crippen LogP contribution is -2.32. The highest BCUT2D eigenvalue weighted by atomic mass is 35.5. The van der Waals surface area contributed by atoms with Gasteiger partial charge in [0.1, 0.15) is 5.82 Å². The van der Waals surface area contributed by atoms with Gasteiger partial charge in [0.25, 0.3) is 0 Å². The molecule has 7 heteroatoms. The number of dihydropyridines is 1. The minimum atomic E-state index is -0.980. The van der Waals surface area contributed by atoms with Crippen LogP contribution in [0.3, 0.4) is 0 Å². The number of hydrogen-bond acceptors (Lipinski definition) is 5. The van der Waals surface area contributed by atoms with E-state index >= 15 is 0 Å². The lowest BCUT2D eigenvalue weighted by molar-refractivity contribution is -0.139. The quantitative estimate of drug-likeness (QED) is 0.826. The zero-order valence-corrected chi connectivity index (χ0v) is 15.2. The lowest BCUT2D eigenvalue weighted by Gasteiger charge is -2.30. The Morgan fingerprint density at radius 3 is 2.36 bits per heavy atom. The van der Waals surface area contributed by atoms with Gasteiger partial charge in [-0.3, -0.25) is 0 Å². The van der Waals surface area contributed by atoms with E-state index in [1.54, 1.807) is 26.8 Å². The molecule has 0 radical (unpaired) electrons. The zero-order chi connectivity index (χ0) is 18.7. The topological polar surface area (TPSA) is 64.6 Å². The van der Waals surface area contributed by atoms with Crippen molar-refractivity contribution in [3.8, 4) is 0 Å². The summed E-state index contributed by atoms with van der Waals surface area (Å²) in [6.45, 7) is 5.14. The van der Waals surface area contributed by atoms with Crippen LogP contribution in [-0.2, 0) is 19.1 Å². The van der Waals surface area contributed by atoms with Crippen LogP contribution in [0.4, 0.5) is 4.39 Å². The summed E-state index contributed by atoms with van der Waals surface area (Å²) in [7, 11) is 1.23. The summed E-state index contributed by atoms with van der Waals surface area (Å²) >= 11 is 5.90. The highest BCUT2D eigenvalue weighted by Crippen LogP contribution is 2.41. The second-order valence-corrected chi connectivity index (χ2v) is 5.90. The molecule has 1 heterocycles. The molecule has 0 fully saturated rings. The second-order valence-electron chi connectivity index (χ2n) is 5.49. The van der Waals surface area contributed by atoms with E-state index in [-0.39, 0.29) is 28.3 Å². The van der Waals surface area contributed by atoms with E-state index in [2.05, 4.69) is 5.32 Å². The molecule has 0 bridgehead atoms. The summed E-state index contributed by atoms with van der Waals surface area (Å²) in [5.41, 5.74) is 1.34. The molecule has 25 heavy (non-hydrogen) atoms. The van der Waals surface area contributed by atoms with Gasteiger partial charge in [0.2, 0.25) is 0 Å². The molecule has 5 nitrogen and oxygen atoms in total. The summed E-state index contributed by atoms with van der Waals surface area (Å²) in [5, 5.41) is 2.87. The fraction of sp³-hybridized carbons (Fsp3) is 0.333. The molecular formula is C18H19ClFNO4. The molecule has 0 aliphatic carbocycles. The van der Waals surface area contributed by atoms with Crippen LogP contribution in [0.15, 0.2) is 40.7 Å². The van der Waals surface area contributed by atoms with Gasteiger partial charge in [0.05, 0.1) is 35.8 Å². The van der Waals surface area contributed by atoms with E-state index in [9.17, 15) is 14.0 Å². The lowest BCUT2D eigenvalue weighted by atomic mass is 9.80. The number of benzene rings is 1. The van der Waals surface area contributed by atoms with Crippen molar-refractivity contribution in [3.05, 3.63) is 57.1 Å². The van der Waals surface area contributed by atoms with Gasteiger partial charge in [-0.15, -0.1) is 0 Å². The number of hydrogen-bond donors (Lipinski definition) is 1. The van der Waals surface area contributed by atoms with Crippen molar-refractivity contribution in [3.63, 3.8) is 0 Å². The Bertz CT molecular complexity index is 785. The number of halogens is 2. The highest BCUT2D eigenvalue weighted by Gasteiger charge is 2.39. The summed E-state index contributed by atoms with van der Waals surface area (Å²) in [5.74, 6) is -2.97. The van der Waals surface area contributed by atoms with Gasteiger partial charge in [-0.25, -0.2) is 14.0 Å². The number of nitrogens with one attached hydrogen (secondary N) is 1. The summed E-state index contributed by atoms with van der Waals surface area (Å²) in [6, 6.07) is 4.45. The van der Waals surface area contributed by atoms with Crippen LogP contribution < -0.4 is 5.32 Å². The number of ether oxygens (including phenoxy) is 2. The van der Waals surface area contributed by atoms with Crippen molar-refractivity contribution in [1.82, 2.24) is 5.32 Å². The van der Waals surface area contributed by atoms with Crippen LogP contribution in [0.25, 0.3) is 0 Å². The number of methoxy groups -OCH3 is 1. The average Bonchev–Trinajstić information content (AvgIpc) is 2.56. The Labute approximate surface area is 150 Å². The summed E-state index contributed by atoms with van der Waals surface area (Å²) < 4.78 is 24.6. The second kappa shape index (κ2) is 7.70. The number of carbonyl (C=O) groups excluding carboxylic acids is 2. The number of rotatable bonds is 4. The van der Waals surface area contributed by atoms with Gasteiger partial charge in [-0.2, -0.15) is 0 Å². The number of allylic oxidation sites excluding steroid dienone is 2. The zero-order valence-electron chi connectivity index (χ0n) is 14.4. The molecule has 134 valence electrons. The van der Waals surface area contributed by atoms with E-state index in [0.717, 1.165) is 0 Å². The maximum atomic E-state index is 14.7. The molecule has 2 rings (SSSR count). The van der Waals surface area contributed by atoms with Crippen LogP contribution in [0.5, 0.6) is 0 Å². The first kappa shape index (κ1) is 19.0. The third-order valence-electron chi connectivity index (χ3n) is 3.95. The van der Waals surface area contributed by atoms with Crippen LogP contribution in [0.2, 0.25) is 5.02 Å². The third-order valence-corrected chi connectivity index (χ3v) is 4.25. The number of carbonyl (C=O) groups is 2. The predicted molar refractivity (Wildman–Crippen MR) is 91.3 cm³/mol. The fourth-order valence-electron chi connectivity index (χ4n) is 2.91. The van der Waals surface area contributed by atoms with E-state index in [1.807, 2.05) is 0 Å². The van der Waals surface area contributed by atoms with E-state index in [0.29, 0.717) is 11.4 Å². The molecule has 1 atom stereocenters. The first-order valence-corrected chi connectivity index (χ1v) is 8.09. The van der Waals surface area contributed by atoms with Crippen molar-refractivity contribution in [2.24, 2.45) is 0 Å². The van der Waals surface area contributed by atoms with Crippen molar-refractivity contribution in [2.45, 2.75) is 26.7 Å². The molecule has 1 aromatic rings. The normalized spacial score (nSPS) is 17.3. The molecular weight excluding hydrogens is 349 g/mol. The van der Waals surface area contributed by atoms with Crippen molar-refractivity contribution < 1.29 is 23.5 Å². The minimum absolute atomic E-state index is 0.0984. The molecule has 1 N–H and O–H groups in total. The molecule has 1 aromatic carbocycles. The SMILES string of the molecule is CCOC(=O)C1=C(C)NC(C)=C(C(=O)OC)C1c1cccc(Cl)c1F. The average molecular weight is 368 g/mol. The van der Waals surface area contributed by atoms with Gasteiger partial charge in [0, 0.05) is 17.0 Å². The van der Waals surface area contributed by atoms with Crippen molar-refractivity contribution >= 4 is 23.5 Å². The fourth-order valence-corrected chi connectivity index (χ4v) is 3.09.